The predicted molar refractivity (Wildman–Crippen MR) is 97.2 cm³/mol. The lowest BCUT2D eigenvalue weighted by atomic mass is 10.1. The summed E-state index contributed by atoms with van der Waals surface area (Å²) in [4.78, 5) is 15.7. The van der Waals surface area contributed by atoms with Crippen molar-refractivity contribution in [3.63, 3.8) is 0 Å². The molecule has 0 aliphatic carbocycles. The van der Waals surface area contributed by atoms with Crippen LogP contribution in [0.3, 0.4) is 0 Å². The van der Waals surface area contributed by atoms with Gasteiger partial charge in [-0.3, -0.25) is 5.10 Å². The number of aromatic nitrogens is 2. The molecule has 6 nitrogen and oxygen atoms in total. The normalized spacial score (nSPS) is 14.2. The van der Waals surface area contributed by atoms with Crippen LogP contribution < -0.4 is 9.80 Å². The Hall–Kier alpha value is -2.50. The molecular weight excluding hydrogens is 304 g/mol. The number of H-pyrrole nitrogens is 1. The van der Waals surface area contributed by atoms with Crippen molar-refractivity contribution < 1.29 is 9.90 Å². The van der Waals surface area contributed by atoms with E-state index in [9.17, 15) is 4.79 Å². The van der Waals surface area contributed by atoms with Crippen molar-refractivity contribution >= 4 is 17.3 Å². The van der Waals surface area contributed by atoms with Crippen LogP contribution in [0.15, 0.2) is 24.3 Å². The average Bonchev–Trinajstić information content (AvgIpc) is 2.95. The molecule has 0 radical (unpaired) electrons. The molecule has 1 aliphatic heterocycles. The number of rotatable bonds is 3. The van der Waals surface area contributed by atoms with Crippen LogP contribution in [-0.2, 0) is 0 Å². The van der Waals surface area contributed by atoms with Gasteiger partial charge in [0.25, 0.3) is 0 Å². The minimum Gasteiger partial charge on any atom is -0.478 e. The van der Waals surface area contributed by atoms with Crippen LogP contribution in [0.2, 0.25) is 0 Å². The number of hydrogen-bond donors (Lipinski definition) is 2. The number of carboxylic acid groups (broad SMARTS) is 1. The first-order valence-electron chi connectivity index (χ1n) is 8.41. The van der Waals surface area contributed by atoms with E-state index in [1.165, 1.54) is 5.69 Å². The van der Waals surface area contributed by atoms with Gasteiger partial charge in [-0.05, 0) is 32.0 Å². The zero-order chi connectivity index (χ0) is 17.7. The fourth-order valence-electron chi connectivity index (χ4n) is 3.03. The number of aryl methyl sites for hydroxylation is 2. The SMILES string of the molecule is CC.Cc1n[nH]c(C)c1N1CCN(c2cccc(C(=O)O)c2)CC1. The highest BCUT2D eigenvalue weighted by Crippen LogP contribution is 2.25. The number of nitrogens with one attached hydrogen (secondary N) is 1. The monoisotopic (exact) mass is 330 g/mol. The number of hydrogen-bond acceptors (Lipinski definition) is 4. The Bertz CT molecular complexity index is 669. The Morgan fingerprint density at radius 3 is 2.29 bits per heavy atom. The number of nitrogens with zero attached hydrogens (tertiary/aromatic N) is 3. The number of carboxylic acids is 1. The van der Waals surface area contributed by atoms with Crippen molar-refractivity contribution in [2.45, 2.75) is 27.7 Å². The van der Waals surface area contributed by atoms with Crippen molar-refractivity contribution in [3.8, 4) is 0 Å². The molecule has 3 rings (SSSR count). The van der Waals surface area contributed by atoms with Gasteiger partial charge in [-0.25, -0.2) is 4.79 Å². The highest BCUT2D eigenvalue weighted by Gasteiger charge is 2.21. The third-order valence-corrected chi connectivity index (χ3v) is 4.14. The highest BCUT2D eigenvalue weighted by atomic mass is 16.4. The molecular formula is C18H26N4O2. The topological polar surface area (TPSA) is 72.5 Å². The van der Waals surface area contributed by atoms with E-state index in [1.807, 2.05) is 33.8 Å². The van der Waals surface area contributed by atoms with Crippen LogP contribution in [0.4, 0.5) is 11.4 Å². The highest BCUT2D eigenvalue weighted by molar-refractivity contribution is 5.88. The van der Waals surface area contributed by atoms with Crippen LogP contribution in [0.5, 0.6) is 0 Å². The van der Waals surface area contributed by atoms with Crippen molar-refractivity contribution in [1.29, 1.82) is 0 Å². The summed E-state index contributed by atoms with van der Waals surface area (Å²) in [6, 6.07) is 7.14. The Kier molecular flexibility index (Phi) is 5.84. The van der Waals surface area contributed by atoms with Gasteiger partial charge in [0.1, 0.15) is 0 Å². The van der Waals surface area contributed by atoms with Gasteiger partial charge in [0.2, 0.25) is 0 Å². The van der Waals surface area contributed by atoms with Crippen molar-refractivity contribution in [1.82, 2.24) is 10.2 Å². The summed E-state index contributed by atoms with van der Waals surface area (Å²) < 4.78 is 0. The molecule has 2 aromatic rings. The van der Waals surface area contributed by atoms with E-state index in [1.54, 1.807) is 18.2 Å². The van der Waals surface area contributed by atoms with E-state index in [-0.39, 0.29) is 0 Å². The van der Waals surface area contributed by atoms with E-state index in [2.05, 4.69) is 20.0 Å². The summed E-state index contributed by atoms with van der Waals surface area (Å²) >= 11 is 0. The number of anilines is 2. The maximum absolute atomic E-state index is 11.1. The lowest BCUT2D eigenvalue weighted by molar-refractivity contribution is 0.0697. The molecule has 0 unspecified atom stereocenters. The molecule has 0 atom stereocenters. The summed E-state index contributed by atoms with van der Waals surface area (Å²) in [6.07, 6.45) is 0. The van der Waals surface area contributed by atoms with Crippen LogP contribution in [0, 0.1) is 13.8 Å². The summed E-state index contributed by atoms with van der Waals surface area (Å²) in [5.41, 5.74) is 4.62. The van der Waals surface area contributed by atoms with Crippen molar-refractivity contribution in [2.75, 3.05) is 36.0 Å². The minimum atomic E-state index is -0.884. The largest absolute Gasteiger partial charge is 0.478 e. The first kappa shape index (κ1) is 17.8. The molecule has 1 aliphatic rings. The third-order valence-electron chi connectivity index (χ3n) is 4.14. The summed E-state index contributed by atoms with van der Waals surface area (Å²) in [5, 5.41) is 16.4. The Labute approximate surface area is 143 Å². The Balaban J connectivity index is 0.00000100. The zero-order valence-electron chi connectivity index (χ0n) is 14.8. The fraction of sp³-hybridized carbons (Fsp3) is 0.444. The number of benzene rings is 1. The second-order valence-electron chi connectivity index (χ2n) is 5.61. The number of aromatic carboxylic acids is 1. The van der Waals surface area contributed by atoms with Gasteiger partial charge in [0, 0.05) is 31.9 Å². The molecule has 1 saturated heterocycles. The molecule has 24 heavy (non-hydrogen) atoms. The van der Waals surface area contributed by atoms with Crippen LogP contribution in [-0.4, -0.2) is 47.5 Å². The van der Waals surface area contributed by atoms with Crippen molar-refractivity contribution in [3.05, 3.63) is 41.2 Å². The van der Waals surface area contributed by atoms with E-state index in [0.29, 0.717) is 5.56 Å². The zero-order valence-corrected chi connectivity index (χ0v) is 14.8. The standard InChI is InChI=1S/C16H20N4O2.C2H6/c1-11-15(12(2)18-17-11)20-8-6-19(7-9-20)14-5-3-4-13(10-14)16(21)22;1-2/h3-5,10H,6-9H2,1-2H3,(H,17,18)(H,21,22);1-2H3. The summed E-state index contributed by atoms with van der Waals surface area (Å²) in [5.74, 6) is -0.884. The van der Waals surface area contributed by atoms with Gasteiger partial charge in [0.15, 0.2) is 0 Å². The average molecular weight is 330 g/mol. The molecule has 0 saturated carbocycles. The second-order valence-corrected chi connectivity index (χ2v) is 5.61. The lowest BCUT2D eigenvalue weighted by Gasteiger charge is -2.37. The van der Waals surface area contributed by atoms with Crippen LogP contribution >= 0.6 is 0 Å². The molecule has 1 aromatic carbocycles. The van der Waals surface area contributed by atoms with E-state index in [4.69, 9.17) is 5.11 Å². The molecule has 2 heterocycles. The van der Waals surface area contributed by atoms with Gasteiger partial charge in [-0.1, -0.05) is 19.9 Å². The van der Waals surface area contributed by atoms with Gasteiger partial charge < -0.3 is 14.9 Å². The minimum absolute atomic E-state index is 0.335. The first-order valence-corrected chi connectivity index (χ1v) is 8.41. The summed E-state index contributed by atoms with van der Waals surface area (Å²) in [6.45, 7) is 11.6. The second kappa shape index (κ2) is 7.86. The summed E-state index contributed by atoms with van der Waals surface area (Å²) in [7, 11) is 0. The maximum Gasteiger partial charge on any atom is 0.335 e. The number of piperazine rings is 1. The maximum atomic E-state index is 11.1. The third kappa shape index (κ3) is 3.69. The van der Waals surface area contributed by atoms with Gasteiger partial charge in [-0.2, -0.15) is 5.10 Å². The number of carbonyl (C=O) groups is 1. The van der Waals surface area contributed by atoms with Crippen LogP contribution in [0.25, 0.3) is 0 Å². The molecule has 130 valence electrons. The Morgan fingerprint density at radius 2 is 1.75 bits per heavy atom. The van der Waals surface area contributed by atoms with E-state index < -0.39 is 5.97 Å². The number of aromatic amines is 1. The smallest absolute Gasteiger partial charge is 0.335 e. The first-order chi connectivity index (χ1) is 11.6. The molecule has 1 fully saturated rings. The van der Waals surface area contributed by atoms with E-state index >= 15 is 0 Å². The molecule has 6 heteroatoms. The van der Waals surface area contributed by atoms with Gasteiger partial charge in [0.05, 0.1) is 22.6 Å². The molecule has 0 bridgehead atoms. The predicted octanol–water partition coefficient (Wildman–Crippen LogP) is 3.08. The Morgan fingerprint density at radius 1 is 1.12 bits per heavy atom. The van der Waals surface area contributed by atoms with Crippen molar-refractivity contribution in [2.24, 2.45) is 0 Å². The van der Waals surface area contributed by atoms with Gasteiger partial charge >= 0.3 is 5.97 Å². The van der Waals surface area contributed by atoms with Gasteiger partial charge in [-0.15, -0.1) is 0 Å². The fourth-order valence-corrected chi connectivity index (χ4v) is 3.03. The lowest BCUT2D eigenvalue weighted by Crippen LogP contribution is -2.46. The van der Waals surface area contributed by atoms with Crippen LogP contribution in [0.1, 0.15) is 35.6 Å². The molecule has 2 N–H and O–H groups in total. The molecule has 1 aromatic heterocycles. The molecule has 0 spiro atoms. The van der Waals surface area contributed by atoms with E-state index in [0.717, 1.165) is 43.3 Å². The quantitative estimate of drug-likeness (QED) is 0.905. The molecule has 0 amide bonds.